The summed E-state index contributed by atoms with van der Waals surface area (Å²) in [7, 11) is 0. The number of aliphatic hydroxyl groups is 2. The van der Waals surface area contributed by atoms with E-state index in [2.05, 4.69) is 52.8 Å². The van der Waals surface area contributed by atoms with Gasteiger partial charge in [-0.3, -0.25) is 0 Å². The maximum Gasteiger partial charge on any atom is 0.104 e. The number of aliphatic hydroxyl groups excluding tert-OH is 2. The standard InChI is InChI=1S/C22H28O2/c1-14-18-11-10-17(12-19(18)22(4,5)21(14,2)3)20(24)16-8-6-15(13-23)7-9-16/h6-12,14,20,23-24H,13H2,1-5H3. The van der Waals surface area contributed by atoms with Crippen LogP contribution >= 0.6 is 0 Å². The van der Waals surface area contributed by atoms with E-state index in [-0.39, 0.29) is 17.4 Å². The average Bonchev–Trinajstić information content (AvgIpc) is 2.72. The van der Waals surface area contributed by atoms with Gasteiger partial charge in [-0.1, -0.05) is 77.1 Å². The normalized spacial score (nSPS) is 22.2. The summed E-state index contributed by atoms with van der Waals surface area (Å²) < 4.78 is 0. The third kappa shape index (κ3) is 2.40. The van der Waals surface area contributed by atoms with E-state index >= 15 is 0 Å². The van der Waals surface area contributed by atoms with Crippen LogP contribution in [0.4, 0.5) is 0 Å². The molecule has 2 N–H and O–H groups in total. The van der Waals surface area contributed by atoms with Crippen LogP contribution in [-0.2, 0) is 12.0 Å². The molecule has 0 saturated heterocycles. The van der Waals surface area contributed by atoms with E-state index in [4.69, 9.17) is 5.11 Å². The lowest BCUT2D eigenvalue weighted by molar-refractivity contribution is 0.190. The third-order valence-corrected chi connectivity index (χ3v) is 6.70. The predicted molar refractivity (Wildman–Crippen MR) is 98.1 cm³/mol. The Labute approximate surface area is 145 Å². The molecule has 1 aliphatic rings. The van der Waals surface area contributed by atoms with Gasteiger partial charge in [0.25, 0.3) is 0 Å². The summed E-state index contributed by atoms with van der Waals surface area (Å²) in [5.74, 6) is 0.498. The Morgan fingerprint density at radius 1 is 0.958 bits per heavy atom. The molecule has 2 aromatic rings. The molecule has 1 aliphatic carbocycles. The summed E-state index contributed by atoms with van der Waals surface area (Å²) in [4.78, 5) is 0. The van der Waals surface area contributed by atoms with Gasteiger partial charge in [0, 0.05) is 0 Å². The maximum atomic E-state index is 10.8. The first-order chi connectivity index (χ1) is 11.2. The quantitative estimate of drug-likeness (QED) is 0.860. The molecule has 0 saturated carbocycles. The van der Waals surface area contributed by atoms with E-state index in [1.165, 1.54) is 11.1 Å². The van der Waals surface area contributed by atoms with Crippen molar-refractivity contribution in [3.05, 3.63) is 70.3 Å². The van der Waals surface area contributed by atoms with Gasteiger partial charge in [0.1, 0.15) is 6.10 Å². The zero-order valence-corrected chi connectivity index (χ0v) is 15.3. The fraction of sp³-hybridized carbons (Fsp3) is 0.455. The van der Waals surface area contributed by atoms with Crippen molar-refractivity contribution >= 4 is 0 Å². The molecule has 2 nitrogen and oxygen atoms in total. The molecule has 0 aromatic heterocycles. The Kier molecular flexibility index (Phi) is 4.09. The van der Waals surface area contributed by atoms with Crippen LogP contribution in [0.25, 0.3) is 0 Å². The molecular weight excluding hydrogens is 296 g/mol. The SMILES string of the molecule is CC1c2ccc(C(O)c3ccc(CO)cc3)cc2C(C)(C)C1(C)C. The predicted octanol–water partition coefficient (Wildman–Crippen LogP) is 4.68. The van der Waals surface area contributed by atoms with E-state index in [9.17, 15) is 5.11 Å². The van der Waals surface area contributed by atoms with Gasteiger partial charge in [0.2, 0.25) is 0 Å². The van der Waals surface area contributed by atoms with Crippen molar-refractivity contribution in [1.29, 1.82) is 0 Å². The lowest BCUT2D eigenvalue weighted by Crippen LogP contribution is -2.33. The molecule has 0 radical (unpaired) electrons. The zero-order valence-electron chi connectivity index (χ0n) is 15.3. The summed E-state index contributed by atoms with van der Waals surface area (Å²) in [6, 6.07) is 13.9. The van der Waals surface area contributed by atoms with Crippen LogP contribution in [0.1, 0.15) is 74.5 Å². The fourth-order valence-electron chi connectivity index (χ4n) is 3.94. The van der Waals surface area contributed by atoms with Crippen LogP contribution in [0.3, 0.4) is 0 Å². The number of benzene rings is 2. The highest BCUT2D eigenvalue weighted by Crippen LogP contribution is 2.58. The van der Waals surface area contributed by atoms with Gasteiger partial charge < -0.3 is 10.2 Å². The van der Waals surface area contributed by atoms with Crippen molar-refractivity contribution in [2.24, 2.45) is 5.41 Å². The van der Waals surface area contributed by atoms with Crippen molar-refractivity contribution < 1.29 is 10.2 Å². The molecule has 2 aromatic carbocycles. The molecule has 0 amide bonds. The zero-order chi connectivity index (χ0) is 17.7. The van der Waals surface area contributed by atoms with Crippen molar-refractivity contribution in [2.45, 2.75) is 58.7 Å². The third-order valence-electron chi connectivity index (χ3n) is 6.70. The Morgan fingerprint density at radius 2 is 1.54 bits per heavy atom. The Hall–Kier alpha value is -1.64. The second kappa shape index (κ2) is 5.72. The number of hydrogen-bond acceptors (Lipinski definition) is 2. The second-order valence-corrected chi connectivity index (χ2v) is 8.22. The summed E-state index contributed by atoms with van der Waals surface area (Å²) in [6.45, 7) is 11.6. The number of rotatable bonds is 3. The summed E-state index contributed by atoms with van der Waals surface area (Å²) in [5, 5.41) is 19.9. The molecule has 0 bridgehead atoms. The van der Waals surface area contributed by atoms with Gasteiger partial charge in [-0.15, -0.1) is 0 Å². The van der Waals surface area contributed by atoms with Gasteiger partial charge in [0.15, 0.2) is 0 Å². The van der Waals surface area contributed by atoms with Crippen LogP contribution in [0.2, 0.25) is 0 Å². The Bertz CT molecular complexity index is 741. The van der Waals surface area contributed by atoms with Gasteiger partial charge in [-0.25, -0.2) is 0 Å². The van der Waals surface area contributed by atoms with Gasteiger partial charge in [-0.2, -0.15) is 0 Å². The minimum Gasteiger partial charge on any atom is -0.392 e. The first kappa shape index (κ1) is 17.2. The molecule has 0 aliphatic heterocycles. The van der Waals surface area contributed by atoms with Gasteiger partial charge in [0.05, 0.1) is 6.61 Å². The van der Waals surface area contributed by atoms with E-state index in [0.29, 0.717) is 5.92 Å². The van der Waals surface area contributed by atoms with E-state index in [1.807, 2.05) is 24.3 Å². The highest BCUT2D eigenvalue weighted by atomic mass is 16.3. The van der Waals surface area contributed by atoms with Crippen LogP contribution < -0.4 is 0 Å². The highest BCUT2D eigenvalue weighted by Gasteiger charge is 2.50. The van der Waals surface area contributed by atoms with E-state index in [1.54, 1.807) is 0 Å². The monoisotopic (exact) mass is 324 g/mol. The van der Waals surface area contributed by atoms with Crippen molar-refractivity contribution in [1.82, 2.24) is 0 Å². The minimum absolute atomic E-state index is 0.0242. The molecule has 128 valence electrons. The number of hydrogen-bond donors (Lipinski definition) is 2. The molecule has 2 atom stereocenters. The molecule has 0 heterocycles. The second-order valence-electron chi connectivity index (χ2n) is 8.22. The summed E-state index contributed by atoms with van der Waals surface area (Å²) in [5.41, 5.74) is 5.65. The van der Waals surface area contributed by atoms with Crippen molar-refractivity contribution in [2.75, 3.05) is 0 Å². The lowest BCUT2D eigenvalue weighted by Gasteiger charge is -2.38. The van der Waals surface area contributed by atoms with Crippen LogP contribution in [-0.4, -0.2) is 10.2 Å². The van der Waals surface area contributed by atoms with Crippen molar-refractivity contribution in [3.8, 4) is 0 Å². The molecule has 24 heavy (non-hydrogen) atoms. The van der Waals surface area contributed by atoms with Crippen LogP contribution in [0.5, 0.6) is 0 Å². The summed E-state index contributed by atoms with van der Waals surface area (Å²) in [6.07, 6.45) is -0.641. The molecule has 3 rings (SSSR count). The highest BCUT2D eigenvalue weighted by molar-refractivity contribution is 5.48. The largest absolute Gasteiger partial charge is 0.392 e. The molecule has 2 unspecified atom stereocenters. The summed E-state index contributed by atoms with van der Waals surface area (Å²) >= 11 is 0. The van der Waals surface area contributed by atoms with E-state index < -0.39 is 6.10 Å². The van der Waals surface area contributed by atoms with Crippen LogP contribution in [0.15, 0.2) is 42.5 Å². The smallest absolute Gasteiger partial charge is 0.104 e. The molecule has 2 heteroatoms. The van der Waals surface area contributed by atoms with E-state index in [0.717, 1.165) is 16.7 Å². The first-order valence-electron chi connectivity index (χ1n) is 8.72. The lowest BCUT2D eigenvalue weighted by atomic mass is 9.65. The number of fused-ring (bicyclic) bond motifs is 1. The Balaban J connectivity index is 2.00. The molecule has 0 spiro atoms. The maximum absolute atomic E-state index is 10.8. The fourth-order valence-corrected chi connectivity index (χ4v) is 3.94. The van der Waals surface area contributed by atoms with Gasteiger partial charge >= 0.3 is 0 Å². The first-order valence-corrected chi connectivity index (χ1v) is 8.72. The van der Waals surface area contributed by atoms with Gasteiger partial charge in [-0.05, 0) is 44.6 Å². The molecule has 0 fully saturated rings. The minimum atomic E-state index is -0.641. The molecular formula is C22H28O2. The van der Waals surface area contributed by atoms with Crippen molar-refractivity contribution in [3.63, 3.8) is 0 Å². The van der Waals surface area contributed by atoms with Crippen LogP contribution in [0, 0.1) is 5.41 Å². The average molecular weight is 324 g/mol. The topological polar surface area (TPSA) is 40.5 Å². The Morgan fingerprint density at radius 3 is 2.12 bits per heavy atom.